The van der Waals surface area contributed by atoms with E-state index in [1.165, 1.54) is 12.8 Å². The third-order valence-electron chi connectivity index (χ3n) is 1.64. The van der Waals surface area contributed by atoms with E-state index in [2.05, 4.69) is 36.4 Å². The topological polar surface area (TPSA) is 36.4 Å². The minimum atomic E-state index is 0. The predicted molar refractivity (Wildman–Crippen MR) is 67.8 cm³/mol. The second kappa shape index (κ2) is 5.02. The molecule has 0 heterocycles. The van der Waals surface area contributed by atoms with Crippen LogP contribution in [0.3, 0.4) is 0 Å². The summed E-state index contributed by atoms with van der Waals surface area (Å²) in [6, 6.07) is 0.665. The van der Waals surface area contributed by atoms with Gasteiger partial charge in [0.05, 0.1) is 0 Å². The molecule has 0 aromatic carbocycles. The molecular formula is C9H20IN3. The number of nitrogens with zero attached hydrogens (tertiary/aromatic N) is 1. The van der Waals surface area contributed by atoms with Crippen molar-refractivity contribution in [2.75, 3.05) is 7.05 Å². The molecule has 13 heavy (non-hydrogen) atoms. The molecule has 0 unspecified atom stereocenters. The van der Waals surface area contributed by atoms with Crippen molar-refractivity contribution in [1.29, 1.82) is 0 Å². The van der Waals surface area contributed by atoms with E-state index in [9.17, 15) is 0 Å². The van der Waals surface area contributed by atoms with E-state index < -0.39 is 0 Å². The van der Waals surface area contributed by atoms with Gasteiger partial charge in [0.15, 0.2) is 5.96 Å². The van der Waals surface area contributed by atoms with Crippen molar-refractivity contribution in [1.82, 2.24) is 10.6 Å². The van der Waals surface area contributed by atoms with Crippen LogP contribution < -0.4 is 10.6 Å². The summed E-state index contributed by atoms with van der Waals surface area (Å²) in [7, 11) is 1.81. The van der Waals surface area contributed by atoms with E-state index in [-0.39, 0.29) is 29.5 Å². The second-order valence-electron chi connectivity index (χ2n) is 4.37. The maximum atomic E-state index is 4.15. The average Bonchev–Trinajstić information content (AvgIpc) is 2.67. The molecule has 0 aromatic heterocycles. The standard InChI is InChI=1S/C9H19N3.HI/c1-9(2,3)12-8(10-4)11-7-5-6-7;/h7H,5-6H2,1-4H3,(H2,10,11,12);1H. The largest absolute Gasteiger partial charge is 0.354 e. The molecule has 1 fully saturated rings. The molecule has 0 radical (unpaired) electrons. The average molecular weight is 297 g/mol. The van der Waals surface area contributed by atoms with E-state index in [0.717, 1.165) is 5.96 Å². The molecular weight excluding hydrogens is 277 g/mol. The summed E-state index contributed by atoms with van der Waals surface area (Å²) in [5.41, 5.74) is 0.0940. The Kier molecular flexibility index (Phi) is 5.02. The Morgan fingerprint density at radius 3 is 2.15 bits per heavy atom. The summed E-state index contributed by atoms with van der Waals surface area (Å²) >= 11 is 0. The maximum Gasteiger partial charge on any atom is 0.191 e. The van der Waals surface area contributed by atoms with Crippen LogP contribution in [-0.2, 0) is 0 Å². The molecule has 3 nitrogen and oxygen atoms in total. The Hall–Kier alpha value is 0. The van der Waals surface area contributed by atoms with E-state index in [0.29, 0.717) is 6.04 Å². The predicted octanol–water partition coefficient (Wildman–Crippen LogP) is 1.73. The molecule has 0 aliphatic heterocycles. The Balaban J connectivity index is 0.00000144. The molecule has 0 atom stereocenters. The minimum Gasteiger partial charge on any atom is -0.354 e. The highest BCUT2D eigenvalue weighted by molar-refractivity contribution is 14.0. The van der Waals surface area contributed by atoms with Crippen molar-refractivity contribution < 1.29 is 0 Å². The molecule has 0 aromatic rings. The van der Waals surface area contributed by atoms with Crippen molar-refractivity contribution in [2.24, 2.45) is 4.99 Å². The molecule has 0 bridgehead atoms. The minimum absolute atomic E-state index is 0. The number of rotatable bonds is 1. The summed E-state index contributed by atoms with van der Waals surface area (Å²) in [6.45, 7) is 6.40. The molecule has 0 amide bonds. The SMILES string of the molecule is CN=C(NC1CC1)NC(C)(C)C.I. The second-order valence-corrected chi connectivity index (χ2v) is 4.37. The lowest BCUT2D eigenvalue weighted by Gasteiger charge is -2.23. The Bertz CT molecular complexity index is 180. The van der Waals surface area contributed by atoms with Gasteiger partial charge in [-0.15, -0.1) is 24.0 Å². The summed E-state index contributed by atoms with van der Waals surface area (Å²) in [4.78, 5) is 4.15. The van der Waals surface area contributed by atoms with E-state index >= 15 is 0 Å². The maximum absolute atomic E-state index is 4.15. The molecule has 1 aliphatic rings. The number of halogens is 1. The van der Waals surface area contributed by atoms with Gasteiger partial charge in [-0.3, -0.25) is 4.99 Å². The van der Waals surface area contributed by atoms with Crippen molar-refractivity contribution in [3.05, 3.63) is 0 Å². The van der Waals surface area contributed by atoms with Crippen LogP contribution in [0.15, 0.2) is 4.99 Å². The zero-order valence-corrected chi connectivity index (χ0v) is 11.2. The van der Waals surface area contributed by atoms with Gasteiger partial charge in [-0.1, -0.05) is 0 Å². The van der Waals surface area contributed by atoms with Gasteiger partial charge >= 0.3 is 0 Å². The third-order valence-corrected chi connectivity index (χ3v) is 1.64. The quantitative estimate of drug-likeness (QED) is 0.439. The first-order chi connectivity index (χ1) is 5.51. The normalized spacial score (nSPS) is 17.7. The highest BCUT2D eigenvalue weighted by atomic mass is 127. The van der Waals surface area contributed by atoms with Crippen molar-refractivity contribution in [3.8, 4) is 0 Å². The van der Waals surface area contributed by atoms with E-state index in [1.807, 2.05) is 7.05 Å². The van der Waals surface area contributed by atoms with Crippen LogP contribution in [0.2, 0.25) is 0 Å². The fraction of sp³-hybridized carbons (Fsp3) is 0.889. The highest BCUT2D eigenvalue weighted by Crippen LogP contribution is 2.18. The van der Waals surface area contributed by atoms with Crippen molar-refractivity contribution >= 4 is 29.9 Å². The van der Waals surface area contributed by atoms with Gasteiger partial charge in [-0.2, -0.15) is 0 Å². The van der Waals surface area contributed by atoms with Gasteiger partial charge in [-0.05, 0) is 33.6 Å². The lowest BCUT2D eigenvalue weighted by Crippen LogP contribution is -2.48. The summed E-state index contributed by atoms with van der Waals surface area (Å²) in [5.74, 6) is 0.921. The van der Waals surface area contributed by atoms with Gasteiger partial charge in [0, 0.05) is 18.6 Å². The van der Waals surface area contributed by atoms with Crippen LogP contribution >= 0.6 is 24.0 Å². The molecule has 1 aliphatic carbocycles. The van der Waals surface area contributed by atoms with E-state index in [1.54, 1.807) is 0 Å². The number of guanidine groups is 1. The molecule has 0 spiro atoms. The third kappa shape index (κ3) is 6.12. The zero-order valence-electron chi connectivity index (χ0n) is 8.85. The number of aliphatic imine (C=N–C) groups is 1. The molecule has 4 heteroatoms. The van der Waals surface area contributed by atoms with Gasteiger partial charge in [0.25, 0.3) is 0 Å². The molecule has 2 N–H and O–H groups in total. The fourth-order valence-electron chi connectivity index (χ4n) is 0.933. The van der Waals surface area contributed by atoms with Gasteiger partial charge < -0.3 is 10.6 Å². The number of nitrogens with one attached hydrogen (secondary N) is 2. The van der Waals surface area contributed by atoms with Crippen LogP contribution in [0, 0.1) is 0 Å². The summed E-state index contributed by atoms with van der Waals surface area (Å²) in [5, 5.41) is 6.65. The number of hydrogen-bond donors (Lipinski definition) is 2. The molecule has 1 rings (SSSR count). The Morgan fingerprint density at radius 1 is 1.31 bits per heavy atom. The first-order valence-electron chi connectivity index (χ1n) is 4.53. The van der Waals surface area contributed by atoms with Crippen LogP contribution in [0.4, 0.5) is 0 Å². The fourth-order valence-corrected chi connectivity index (χ4v) is 0.933. The van der Waals surface area contributed by atoms with Gasteiger partial charge in [0.2, 0.25) is 0 Å². The van der Waals surface area contributed by atoms with Crippen molar-refractivity contribution in [2.45, 2.75) is 45.2 Å². The van der Waals surface area contributed by atoms with Crippen LogP contribution in [-0.4, -0.2) is 24.6 Å². The van der Waals surface area contributed by atoms with E-state index in [4.69, 9.17) is 0 Å². The van der Waals surface area contributed by atoms with Gasteiger partial charge in [-0.25, -0.2) is 0 Å². The van der Waals surface area contributed by atoms with Crippen molar-refractivity contribution in [3.63, 3.8) is 0 Å². The zero-order chi connectivity index (χ0) is 9.19. The number of hydrogen-bond acceptors (Lipinski definition) is 1. The molecule has 0 saturated heterocycles. The molecule has 1 saturated carbocycles. The summed E-state index contributed by atoms with van der Waals surface area (Å²) in [6.07, 6.45) is 2.57. The smallest absolute Gasteiger partial charge is 0.191 e. The summed E-state index contributed by atoms with van der Waals surface area (Å²) < 4.78 is 0. The Labute approximate surface area is 97.8 Å². The van der Waals surface area contributed by atoms with Gasteiger partial charge in [0.1, 0.15) is 0 Å². The Morgan fingerprint density at radius 2 is 1.85 bits per heavy atom. The first-order valence-corrected chi connectivity index (χ1v) is 4.53. The molecule has 78 valence electrons. The lowest BCUT2D eigenvalue weighted by molar-refractivity contribution is 0.501. The lowest BCUT2D eigenvalue weighted by atomic mass is 10.1. The highest BCUT2D eigenvalue weighted by Gasteiger charge is 2.23. The van der Waals surface area contributed by atoms with Crippen LogP contribution in [0.25, 0.3) is 0 Å². The monoisotopic (exact) mass is 297 g/mol. The first kappa shape index (κ1) is 13.0. The van der Waals surface area contributed by atoms with Crippen LogP contribution in [0.1, 0.15) is 33.6 Å². The van der Waals surface area contributed by atoms with Crippen LogP contribution in [0.5, 0.6) is 0 Å².